The third-order valence-electron chi connectivity index (χ3n) is 9.14. The van der Waals surface area contributed by atoms with E-state index in [0.717, 1.165) is 10.8 Å². The lowest BCUT2D eigenvalue weighted by molar-refractivity contribution is -0.141. The summed E-state index contributed by atoms with van der Waals surface area (Å²) in [5, 5.41) is 11.7. The van der Waals surface area contributed by atoms with Crippen LogP contribution in [0, 0.1) is 11.8 Å². The average molecular weight is 580 g/mol. The quantitative estimate of drug-likeness (QED) is 0.342. The fraction of sp³-hybridized carbons (Fsp3) is 0.343. The zero-order valence-electron chi connectivity index (χ0n) is 24.2. The summed E-state index contributed by atoms with van der Waals surface area (Å²) in [4.78, 5) is 48.1. The Morgan fingerprint density at radius 1 is 0.930 bits per heavy atom. The molecular weight excluding hydrogens is 542 g/mol. The fourth-order valence-corrected chi connectivity index (χ4v) is 7.38. The van der Waals surface area contributed by atoms with Crippen LogP contribution in [-0.4, -0.2) is 71.7 Å². The third kappa shape index (κ3) is 4.75. The summed E-state index contributed by atoms with van der Waals surface area (Å²) >= 11 is 0. The molecule has 2 bridgehead atoms. The maximum atomic E-state index is 14.7. The highest BCUT2D eigenvalue weighted by molar-refractivity contribution is 6.07. The van der Waals surface area contributed by atoms with Crippen molar-refractivity contribution in [3.8, 4) is 0 Å². The first-order valence-electron chi connectivity index (χ1n) is 14.9. The molecule has 3 heterocycles. The molecule has 222 valence electrons. The highest BCUT2D eigenvalue weighted by atomic mass is 16.5. The number of hydrogen-bond acceptors (Lipinski definition) is 5. The van der Waals surface area contributed by atoms with Crippen molar-refractivity contribution in [1.29, 1.82) is 0 Å². The second-order valence-electron chi connectivity index (χ2n) is 11.5. The van der Waals surface area contributed by atoms with Crippen LogP contribution in [0.2, 0.25) is 0 Å². The van der Waals surface area contributed by atoms with E-state index in [4.69, 9.17) is 4.74 Å². The van der Waals surface area contributed by atoms with Crippen LogP contribution in [0.4, 0.5) is 11.4 Å². The van der Waals surface area contributed by atoms with Gasteiger partial charge < -0.3 is 24.5 Å². The number of carbonyl (C=O) groups is 3. The maximum Gasteiger partial charge on any atom is 0.253 e. The van der Waals surface area contributed by atoms with Gasteiger partial charge in [0.2, 0.25) is 11.8 Å². The van der Waals surface area contributed by atoms with Crippen LogP contribution in [0.25, 0.3) is 10.8 Å². The van der Waals surface area contributed by atoms with Crippen molar-refractivity contribution < 1.29 is 24.2 Å². The second-order valence-corrected chi connectivity index (χ2v) is 11.5. The topological polar surface area (TPSA) is 90.4 Å². The van der Waals surface area contributed by atoms with Crippen molar-refractivity contribution in [2.75, 3.05) is 36.0 Å². The number of benzene rings is 3. The Labute approximate surface area is 251 Å². The number of likely N-dealkylation sites (tertiary alicyclic amines) is 1. The zero-order valence-corrected chi connectivity index (χ0v) is 24.2. The minimum atomic E-state index is -1.14. The van der Waals surface area contributed by atoms with E-state index in [1.807, 2.05) is 72.8 Å². The molecule has 8 nitrogen and oxygen atoms in total. The van der Waals surface area contributed by atoms with E-state index >= 15 is 0 Å². The summed E-state index contributed by atoms with van der Waals surface area (Å²) in [5.41, 5.74) is 0.272. The SMILES string of the molecule is C=CCN(C(=O)C1N(CCCO)C(=O)[C@@H]2[C@H](C(=O)N(CC=C)c3ccccc3)[C@@H]3CCC12O3)c1ccc2ccccc2c1. The Bertz CT molecular complexity index is 1560. The molecule has 0 saturated carbocycles. The van der Waals surface area contributed by atoms with E-state index in [1.54, 1.807) is 26.9 Å². The van der Waals surface area contributed by atoms with Crippen LogP contribution in [-0.2, 0) is 19.1 Å². The van der Waals surface area contributed by atoms with Gasteiger partial charge in [-0.1, -0.05) is 60.7 Å². The number of aliphatic hydroxyl groups is 1. The molecule has 0 aromatic heterocycles. The number of hydrogen-bond donors (Lipinski definition) is 1. The van der Waals surface area contributed by atoms with E-state index in [9.17, 15) is 19.5 Å². The molecule has 0 aliphatic carbocycles. The van der Waals surface area contributed by atoms with E-state index in [-0.39, 0.29) is 44.0 Å². The highest BCUT2D eigenvalue weighted by Gasteiger charge is 2.74. The van der Waals surface area contributed by atoms with Crippen molar-refractivity contribution in [2.24, 2.45) is 11.8 Å². The summed E-state index contributed by atoms with van der Waals surface area (Å²) in [6, 6.07) is 22.2. The van der Waals surface area contributed by atoms with Crippen LogP contribution in [0.15, 0.2) is 98.1 Å². The highest BCUT2D eigenvalue weighted by Crippen LogP contribution is 2.59. The van der Waals surface area contributed by atoms with Crippen LogP contribution >= 0.6 is 0 Å². The van der Waals surface area contributed by atoms with Gasteiger partial charge in [-0.15, -0.1) is 13.2 Å². The van der Waals surface area contributed by atoms with Crippen LogP contribution in [0.3, 0.4) is 0 Å². The number of aliphatic hydroxyl groups excluding tert-OH is 1. The van der Waals surface area contributed by atoms with Crippen molar-refractivity contribution in [3.63, 3.8) is 0 Å². The average Bonchev–Trinajstić information content (AvgIpc) is 3.68. The van der Waals surface area contributed by atoms with Crippen molar-refractivity contribution >= 4 is 39.9 Å². The lowest BCUT2D eigenvalue weighted by atomic mass is 9.70. The first-order chi connectivity index (χ1) is 20.9. The lowest BCUT2D eigenvalue weighted by Crippen LogP contribution is -2.56. The normalized spacial score (nSPS) is 25.5. The summed E-state index contributed by atoms with van der Waals surface area (Å²) in [6.07, 6.45) is 4.25. The van der Waals surface area contributed by atoms with Gasteiger partial charge in [0.1, 0.15) is 11.6 Å². The fourth-order valence-electron chi connectivity index (χ4n) is 7.38. The molecule has 2 unspecified atom stereocenters. The number of rotatable bonds is 11. The van der Waals surface area contributed by atoms with E-state index in [2.05, 4.69) is 13.2 Å². The summed E-state index contributed by atoms with van der Waals surface area (Å²) in [6.45, 7) is 8.33. The zero-order chi connectivity index (χ0) is 30.1. The van der Waals surface area contributed by atoms with Crippen LogP contribution in [0.1, 0.15) is 19.3 Å². The number of fused-ring (bicyclic) bond motifs is 2. The molecule has 5 atom stereocenters. The largest absolute Gasteiger partial charge is 0.396 e. The monoisotopic (exact) mass is 579 g/mol. The number of para-hydroxylation sites is 1. The van der Waals surface area contributed by atoms with E-state index in [0.29, 0.717) is 30.6 Å². The Balaban J connectivity index is 1.40. The van der Waals surface area contributed by atoms with Gasteiger partial charge >= 0.3 is 0 Å². The van der Waals surface area contributed by atoms with E-state index < -0.39 is 29.6 Å². The maximum absolute atomic E-state index is 14.7. The van der Waals surface area contributed by atoms with Gasteiger partial charge in [-0.2, -0.15) is 0 Å². The predicted molar refractivity (Wildman–Crippen MR) is 167 cm³/mol. The van der Waals surface area contributed by atoms with Gasteiger partial charge in [0.05, 0.1) is 17.9 Å². The Morgan fingerprint density at radius 2 is 1.60 bits per heavy atom. The first-order valence-corrected chi connectivity index (χ1v) is 14.9. The molecule has 6 rings (SSSR count). The van der Waals surface area contributed by atoms with Crippen molar-refractivity contribution in [3.05, 3.63) is 98.1 Å². The summed E-state index contributed by atoms with van der Waals surface area (Å²) in [7, 11) is 0. The Morgan fingerprint density at radius 3 is 2.30 bits per heavy atom. The number of amides is 3. The van der Waals surface area contributed by atoms with Crippen LogP contribution < -0.4 is 9.80 Å². The van der Waals surface area contributed by atoms with Gasteiger partial charge in [-0.25, -0.2) is 0 Å². The molecule has 3 aliphatic heterocycles. The number of ether oxygens (including phenoxy) is 1. The van der Waals surface area contributed by atoms with Gasteiger partial charge in [0.25, 0.3) is 5.91 Å². The Hall–Kier alpha value is -4.27. The molecular formula is C35H37N3O5. The number of nitrogens with zero attached hydrogens (tertiary/aromatic N) is 3. The van der Waals surface area contributed by atoms with Gasteiger partial charge in [-0.3, -0.25) is 14.4 Å². The van der Waals surface area contributed by atoms with Crippen molar-refractivity contribution in [1.82, 2.24) is 4.90 Å². The molecule has 1 spiro atoms. The molecule has 3 saturated heterocycles. The molecule has 3 fully saturated rings. The van der Waals surface area contributed by atoms with Crippen molar-refractivity contribution in [2.45, 2.75) is 37.0 Å². The van der Waals surface area contributed by atoms with Gasteiger partial charge in [0, 0.05) is 37.6 Å². The second kappa shape index (κ2) is 11.8. The number of anilines is 2. The molecule has 3 aromatic rings. The van der Waals surface area contributed by atoms with Gasteiger partial charge in [-0.05, 0) is 54.3 Å². The Kier molecular flexibility index (Phi) is 7.90. The standard InChI is InChI=1S/C35H37N3O5/c1-3-19-36(26-13-6-5-7-14-26)32(40)29-28-17-18-35(43-28)30(29)33(41)38(21-10-22-39)31(35)34(42)37(20-4-2)27-16-15-24-11-8-9-12-25(24)23-27/h3-9,11-16,23,28-31,39H,1-2,10,17-22H2/t28-,29+,30-,31?,35?/m0/s1. The lowest BCUT2D eigenvalue weighted by Gasteiger charge is -2.37. The molecule has 8 heteroatoms. The third-order valence-corrected chi connectivity index (χ3v) is 9.14. The smallest absolute Gasteiger partial charge is 0.253 e. The van der Waals surface area contributed by atoms with E-state index in [1.165, 1.54) is 0 Å². The molecule has 1 N–H and O–H groups in total. The molecule has 43 heavy (non-hydrogen) atoms. The van der Waals surface area contributed by atoms with Gasteiger partial charge in [0.15, 0.2) is 0 Å². The first kappa shape index (κ1) is 28.8. The summed E-state index contributed by atoms with van der Waals surface area (Å²) in [5.74, 6) is -2.28. The minimum Gasteiger partial charge on any atom is -0.396 e. The summed E-state index contributed by atoms with van der Waals surface area (Å²) < 4.78 is 6.66. The molecule has 3 aromatic carbocycles. The minimum absolute atomic E-state index is 0.129. The predicted octanol–water partition coefficient (Wildman–Crippen LogP) is 4.34. The molecule has 3 aliphatic rings. The number of carbonyl (C=O) groups excluding carboxylic acids is 3. The molecule has 3 amide bonds. The molecule has 0 radical (unpaired) electrons. The van der Waals surface area contributed by atoms with Crippen LogP contribution in [0.5, 0.6) is 0 Å².